The monoisotopic (exact) mass is 349 g/mol. The summed E-state index contributed by atoms with van der Waals surface area (Å²) in [6.07, 6.45) is 4.00. The molecule has 4 rings (SSSR count). The molecule has 2 heterocycles. The van der Waals surface area contributed by atoms with Gasteiger partial charge in [0.15, 0.2) is 0 Å². The van der Waals surface area contributed by atoms with Gasteiger partial charge in [-0.3, -0.25) is 9.59 Å². The van der Waals surface area contributed by atoms with Crippen molar-refractivity contribution < 1.29 is 9.59 Å². The van der Waals surface area contributed by atoms with Gasteiger partial charge in [0.05, 0.1) is 0 Å². The van der Waals surface area contributed by atoms with Gasteiger partial charge in [-0.2, -0.15) is 0 Å². The summed E-state index contributed by atoms with van der Waals surface area (Å²) in [5, 5.41) is 2.94. The van der Waals surface area contributed by atoms with Gasteiger partial charge in [-0.05, 0) is 67.8 Å². The SMILES string of the molecule is O=C(Nc1ccc(N2CCCC2)cc1)c1ccc(N2CCCC2=O)cc1. The third-order valence-corrected chi connectivity index (χ3v) is 5.11. The summed E-state index contributed by atoms with van der Waals surface area (Å²) in [5.74, 6) is 0.0125. The van der Waals surface area contributed by atoms with E-state index in [4.69, 9.17) is 0 Å². The van der Waals surface area contributed by atoms with E-state index in [1.54, 1.807) is 17.0 Å². The number of nitrogens with zero attached hydrogens (tertiary/aromatic N) is 2. The lowest BCUT2D eigenvalue weighted by Crippen LogP contribution is -2.23. The van der Waals surface area contributed by atoms with E-state index in [0.717, 1.165) is 37.4 Å². The molecule has 0 spiro atoms. The lowest BCUT2D eigenvalue weighted by Gasteiger charge is -2.18. The molecule has 2 aromatic carbocycles. The zero-order chi connectivity index (χ0) is 17.9. The number of benzene rings is 2. The highest BCUT2D eigenvalue weighted by Crippen LogP contribution is 2.24. The second-order valence-corrected chi connectivity index (χ2v) is 6.89. The van der Waals surface area contributed by atoms with E-state index >= 15 is 0 Å². The van der Waals surface area contributed by atoms with E-state index in [-0.39, 0.29) is 11.8 Å². The topological polar surface area (TPSA) is 52.7 Å². The molecule has 0 aromatic heterocycles. The molecule has 2 amide bonds. The lowest BCUT2D eigenvalue weighted by molar-refractivity contribution is -0.117. The van der Waals surface area contributed by atoms with Crippen LogP contribution in [0.25, 0.3) is 0 Å². The van der Waals surface area contributed by atoms with Gasteiger partial charge >= 0.3 is 0 Å². The van der Waals surface area contributed by atoms with Gasteiger partial charge in [0.1, 0.15) is 0 Å². The van der Waals surface area contributed by atoms with Crippen LogP contribution in [0.2, 0.25) is 0 Å². The molecule has 0 aliphatic carbocycles. The Balaban J connectivity index is 1.40. The van der Waals surface area contributed by atoms with Gasteiger partial charge in [-0.15, -0.1) is 0 Å². The van der Waals surface area contributed by atoms with Crippen molar-refractivity contribution in [3.05, 3.63) is 54.1 Å². The van der Waals surface area contributed by atoms with Crippen LogP contribution in [0.1, 0.15) is 36.0 Å². The number of amides is 2. The van der Waals surface area contributed by atoms with Gasteiger partial charge < -0.3 is 15.1 Å². The number of carbonyl (C=O) groups is 2. The summed E-state index contributed by atoms with van der Waals surface area (Å²) in [5.41, 5.74) is 3.44. The van der Waals surface area contributed by atoms with Crippen LogP contribution in [0, 0.1) is 0 Å². The van der Waals surface area contributed by atoms with E-state index < -0.39 is 0 Å². The zero-order valence-electron chi connectivity index (χ0n) is 14.8. The Hall–Kier alpha value is -2.82. The Morgan fingerprint density at radius 2 is 1.46 bits per heavy atom. The molecular formula is C21H23N3O2. The van der Waals surface area contributed by atoms with Crippen LogP contribution in [-0.4, -0.2) is 31.4 Å². The van der Waals surface area contributed by atoms with Gasteiger partial charge in [0.25, 0.3) is 5.91 Å². The van der Waals surface area contributed by atoms with E-state index in [1.807, 2.05) is 24.3 Å². The van der Waals surface area contributed by atoms with E-state index in [9.17, 15) is 9.59 Å². The summed E-state index contributed by atoms with van der Waals surface area (Å²) in [6.45, 7) is 2.98. The van der Waals surface area contributed by atoms with Crippen molar-refractivity contribution in [2.24, 2.45) is 0 Å². The van der Waals surface area contributed by atoms with Crippen LogP contribution in [0.3, 0.4) is 0 Å². The molecular weight excluding hydrogens is 326 g/mol. The first-order valence-corrected chi connectivity index (χ1v) is 9.27. The Bertz CT molecular complexity index is 793. The van der Waals surface area contributed by atoms with Crippen LogP contribution in [0.5, 0.6) is 0 Å². The molecule has 0 saturated carbocycles. The lowest BCUT2D eigenvalue weighted by atomic mass is 10.1. The van der Waals surface area contributed by atoms with E-state index in [0.29, 0.717) is 12.0 Å². The fourth-order valence-corrected chi connectivity index (χ4v) is 3.65. The minimum absolute atomic E-state index is 0.141. The third kappa shape index (κ3) is 3.43. The second-order valence-electron chi connectivity index (χ2n) is 6.89. The number of hydrogen-bond acceptors (Lipinski definition) is 3. The summed E-state index contributed by atoms with van der Waals surface area (Å²) in [7, 11) is 0. The van der Waals surface area contributed by atoms with Gasteiger partial charge in [0.2, 0.25) is 5.91 Å². The molecule has 0 radical (unpaired) electrons. The number of carbonyl (C=O) groups excluding carboxylic acids is 2. The molecule has 2 aliphatic heterocycles. The Morgan fingerprint density at radius 3 is 2.08 bits per heavy atom. The summed E-state index contributed by atoms with van der Waals surface area (Å²) < 4.78 is 0. The molecule has 2 saturated heterocycles. The van der Waals surface area contributed by atoms with Crippen molar-refractivity contribution in [2.45, 2.75) is 25.7 Å². The quantitative estimate of drug-likeness (QED) is 0.916. The van der Waals surface area contributed by atoms with Crippen molar-refractivity contribution in [1.29, 1.82) is 0 Å². The van der Waals surface area contributed by atoms with Gasteiger partial charge in [-0.1, -0.05) is 0 Å². The van der Waals surface area contributed by atoms with Crippen LogP contribution >= 0.6 is 0 Å². The molecule has 5 heteroatoms. The molecule has 5 nitrogen and oxygen atoms in total. The molecule has 2 aromatic rings. The number of hydrogen-bond donors (Lipinski definition) is 1. The minimum atomic E-state index is -0.141. The average molecular weight is 349 g/mol. The molecule has 134 valence electrons. The van der Waals surface area contributed by atoms with Crippen molar-refractivity contribution in [3.8, 4) is 0 Å². The summed E-state index contributed by atoms with van der Waals surface area (Å²) in [4.78, 5) is 28.4. The van der Waals surface area contributed by atoms with Crippen molar-refractivity contribution in [1.82, 2.24) is 0 Å². The van der Waals surface area contributed by atoms with Crippen LogP contribution in [0.15, 0.2) is 48.5 Å². The fraction of sp³-hybridized carbons (Fsp3) is 0.333. The fourth-order valence-electron chi connectivity index (χ4n) is 3.65. The van der Waals surface area contributed by atoms with Gasteiger partial charge in [0, 0.05) is 48.7 Å². The maximum atomic E-state index is 12.5. The Labute approximate surface area is 153 Å². The maximum absolute atomic E-state index is 12.5. The first-order chi connectivity index (χ1) is 12.7. The molecule has 0 atom stereocenters. The average Bonchev–Trinajstić information content (AvgIpc) is 3.34. The highest BCUT2D eigenvalue weighted by atomic mass is 16.2. The molecule has 1 N–H and O–H groups in total. The first-order valence-electron chi connectivity index (χ1n) is 9.27. The zero-order valence-corrected chi connectivity index (χ0v) is 14.8. The first kappa shape index (κ1) is 16.6. The second kappa shape index (κ2) is 7.20. The normalized spacial score (nSPS) is 17.0. The molecule has 0 unspecified atom stereocenters. The summed E-state index contributed by atoms with van der Waals surface area (Å²) >= 11 is 0. The van der Waals surface area contributed by atoms with Crippen molar-refractivity contribution in [2.75, 3.05) is 34.8 Å². The Morgan fingerprint density at radius 1 is 0.808 bits per heavy atom. The smallest absolute Gasteiger partial charge is 0.255 e. The molecule has 2 fully saturated rings. The predicted octanol–water partition coefficient (Wildman–Crippen LogP) is 3.67. The largest absolute Gasteiger partial charge is 0.372 e. The van der Waals surface area contributed by atoms with Crippen LogP contribution in [0.4, 0.5) is 17.1 Å². The highest BCUT2D eigenvalue weighted by molar-refractivity contribution is 6.05. The summed E-state index contributed by atoms with van der Waals surface area (Å²) in [6, 6.07) is 15.2. The van der Waals surface area contributed by atoms with Crippen LogP contribution < -0.4 is 15.1 Å². The number of anilines is 3. The molecule has 2 aliphatic rings. The standard InChI is InChI=1S/C21H23N3O2/c25-20-4-3-15-24(20)19-9-5-16(6-10-19)21(26)22-17-7-11-18(12-8-17)23-13-1-2-14-23/h5-12H,1-4,13-15H2,(H,22,26). The number of rotatable bonds is 4. The van der Waals surface area contributed by atoms with Gasteiger partial charge in [-0.25, -0.2) is 0 Å². The van der Waals surface area contributed by atoms with Crippen molar-refractivity contribution in [3.63, 3.8) is 0 Å². The predicted molar refractivity (Wildman–Crippen MR) is 104 cm³/mol. The molecule has 26 heavy (non-hydrogen) atoms. The van der Waals surface area contributed by atoms with E-state index in [1.165, 1.54) is 18.5 Å². The number of nitrogens with one attached hydrogen (secondary N) is 1. The minimum Gasteiger partial charge on any atom is -0.372 e. The highest BCUT2D eigenvalue weighted by Gasteiger charge is 2.21. The maximum Gasteiger partial charge on any atom is 0.255 e. The van der Waals surface area contributed by atoms with Crippen molar-refractivity contribution >= 4 is 28.9 Å². The third-order valence-electron chi connectivity index (χ3n) is 5.11. The van der Waals surface area contributed by atoms with E-state index in [2.05, 4.69) is 22.3 Å². The Kier molecular flexibility index (Phi) is 4.61. The van der Waals surface area contributed by atoms with Crippen LogP contribution in [-0.2, 0) is 4.79 Å². The molecule has 0 bridgehead atoms.